The highest BCUT2D eigenvalue weighted by Crippen LogP contribution is 2.30. The number of rotatable bonds is 3. The number of benzene rings is 2. The lowest BCUT2D eigenvalue weighted by Crippen LogP contribution is -2.52. The highest BCUT2D eigenvalue weighted by Gasteiger charge is 2.35. The molecule has 3 fully saturated rings. The molecule has 4 nitrogen and oxygen atoms in total. The predicted octanol–water partition coefficient (Wildman–Crippen LogP) is 3.77. The van der Waals surface area contributed by atoms with E-state index in [1.165, 1.54) is 36.7 Å². The van der Waals surface area contributed by atoms with Crippen LogP contribution >= 0.6 is 0 Å². The Bertz CT molecular complexity index is 885. The highest BCUT2D eigenvalue weighted by molar-refractivity contribution is 5.87. The minimum Gasteiger partial charge on any atom is -0.458 e. The van der Waals surface area contributed by atoms with Crippen LogP contribution in [0.5, 0.6) is 6.01 Å². The Morgan fingerprint density at radius 2 is 1.64 bits per heavy atom. The van der Waals surface area contributed by atoms with E-state index in [0.29, 0.717) is 11.9 Å². The maximum absolute atomic E-state index is 6.09. The molecule has 0 spiro atoms. The van der Waals surface area contributed by atoms with Gasteiger partial charge in [0.2, 0.25) is 0 Å². The van der Waals surface area contributed by atoms with Crippen LogP contribution in [-0.2, 0) is 0 Å². The second-order valence-corrected chi connectivity index (χ2v) is 7.11. The molecule has 126 valence electrons. The van der Waals surface area contributed by atoms with E-state index in [1.807, 2.05) is 12.4 Å². The lowest BCUT2D eigenvalue weighted by molar-refractivity contribution is -0.0123. The van der Waals surface area contributed by atoms with E-state index in [4.69, 9.17) is 4.74 Å². The second-order valence-electron chi connectivity index (χ2n) is 7.11. The molecular weight excluding hydrogens is 310 g/mol. The second kappa shape index (κ2) is 6.12. The molecule has 0 amide bonds. The zero-order chi connectivity index (χ0) is 16.6. The minimum absolute atomic E-state index is 0.244. The number of nitrogens with zero attached hydrogens (tertiary/aromatic N) is 3. The maximum atomic E-state index is 6.09. The molecule has 0 N–H and O–H groups in total. The number of fused-ring (bicyclic) bond motifs is 4. The number of hydrogen-bond donors (Lipinski definition) is 0. The number of hydrogen-bond acceptors (Lipinski definition) is 4. The van der Waals surface area contributed by atoms with Crippen molar-refractivity contribution in [3.05, 3.63) is 54.9 Å². The Kier molecular flexibility index (Phi) is 3.63. The van der Waals surface area contributed by atoms with Gasteiger partial charge in [0.15, 0.2) is 0 Å². The van der Waals surface area contributed by atoms with Crippen LogP contribution in [0, 0.1) is 5.92 Å². The van der Waals surface area contributed by atoms with Crippen molar-refractivity contribution >= 4 is 10.8 Å². The van der Waals surface area contributed by atoms with Gasteiger partial charge in [-0.1, -0.05) is 36.4 Å². The minimum atomic E-state index is 0.244. The van der Waals surface area contributed by atoms with Crippen LogP contribution < -0.4 is 4.74 Å². The van der Waals surface area contributed by atoms with Gasteiger partial charge >= 0.3 is 6.01 Å². The van der Waals surface area contributed by atoms with Crippen LogP contribution in [-0.4, -0.2) is 40.6 Å². The molecule has 1 aromatic heterocycles. The Morgan fingerprint density at radius 1 is 0.880 bits per heavy atom. The molecule has 3 aliphatic rings. The van der Waals surface area contributed by atoms with E-state index in [0.717, 1.165) is 17.7 Å². The van der Waals surface area contributed by atoms with E-state index in [-0.39, 0.29) is 6.10 Å². The van der Waals surface area contributed by atoms with E-state index in [2.05, 4.69) is 57.3 Å². The summed E-state index contributed by atoms with van der Waals surface area (Å²) in [7, 11) is 0. The molecule has 0 radical (unpaired) electrons. The normalized spacial score (nSPS) is 25.2. The summed E-state index contributed by atoms with van der Waals surface area (Å²) in [6, 6.07) is 15.3. The van der Waals surface area contributed by atoms with Gasteiger partial charge in [-0.25, -0.2) is 9.97 Å². The van der Waals surface area contributed by atoms with E-state index >= 15 is 0 Å². The first kappa shape index (κ1) is 14.8. The molecule has 6 rings (SSSR count). The summed E-state index contributed by atoms with van der Waals surface area (Å²) >= 11 is 0. The Labute approximate surface area is 147 Å². The molecule has 0 unspecified atom stereocenters. The number of aromatic nitrogens is 2. The third-order valence-electron chi connectivity index (χ3n) is 5.56. The van der Waals surface area contributed by atoms with E-state index < -0.39 is 0 Å². The SMILES string of the molecule is c1ccc2cc(-c3cnc(O[C@H]4CN5CCC4CC5)nc3)ccc2c1. The largest absolute Gasteiger partial charge is 0.458 e. The Morgan fingerprint density at radius 3 is 2.36 bits per heavy atom. The zero-order valence-electron chi connectivity index (χ0n) is 14.1. The fourth-order valence-electron chi connectivity index (χ4n) is 4.07. The molecule has 4 heteroatoms. The van der Waals surface area contributed by atoms with Gasteiger partial charge in [0.1, 0.15) is 6.10 Å². The van der Waals surface area contributed by atoms with Crippen molar-refractivity contribution in [3.63, 3.8) is 0 Å². The highest BCUT2D eigenvalue weighted by atomic mass is 16.5. The van der Waals surface area contributed by atoms with Gasteiger partial charge < -0.3 is 4.74 Å². The summed E-state index contributed by atoms with van der Waals surface area (Å²) in [5, 5.41) is 2.47. The molecule has 2 bridgehead atoms. The summed E-state index contributed by atoms with van der Waals surface area (Å²) in [6.07, 6.45) is 6.45. The molecule has 3 aromatic rings. The first-order valence-electron chi connectivity index (χ1n) is 9.05. The lowest BCUT2D eigenvalue weighted by Gasteiger charge is -2.43. The van der Waals surface area contributed by atoms with Gasteiger partial charge in [-0.3, -0.25) is 4.90 Å². The van der Waals surface area contributed by atoms with Gasteiger partial charge in [0.25, 0.3) is 0 Å². The molecule has 25 heavy (non-hydrogen) atoms. The van der Waals surface area contributed by atoms with Crippen LogP contribution in [0.1, 0.15) is 12.8 Å². The average Bonchev–Trinajstić information content (AvgIpc) is 2.69. The third-order valence-corrected chi connectivity index (χ3v) is 5.56. The molecule has 3 aliphatic heterocycles. The summed E-state index contributed by atoms with van der Waals surface area (Å²) < 4.78 is 6.09. The molecule has 0 saturated carbocycles. The first-order valence-corrected chi connectivity index (χ1v) is 9.05. The van der Waals surface area contributed by atoms with Crippen LogP contribution in [0.15, 0.2) is 54.9 Å². The van der Waals surface area contributed by atoms with E-state index in [9.17, 15) is 0 Å². The Balaban J connectivity index is 1.35. The van der Waals surface area contributed by atoms with Gasteiger partial charge in [-0.2, -0.15) is 0 Å². The zero-order valence-corrected chi connectivity index (χ0v) is 14.1. The van der Waals surface area contributed by atoms with Crippen molar-refractivity contribution in [2.75, 3.05) is 19.6 Å². The predicted molar refractivity (Wildman–Crippen MR) is 98.6 cm³/mol. The van der Waals surface area contributed by atoms with Gasteiger partial charge in [-0.15, -0.1) is 0 Å². The average molecular weight is 331 g/mol. The molecule has 2 aromatic carbocycles. The quantitative estimate of drug-likeness (QED) is 0.732. The van der Waals surface area contributed by atoms with Crippen LogP contribution in [0.4, 0.5) is 0 Å². The summed E-state index contributed by atoms with van der Waals surface area (Å²) in [4.78, 5) is 11.4. The fraction of sp³-hybridized carbons (Fsp3) is 0.333. The third kappa shape index (κ3) is 2.87. The summed E-state index contributed by atoms with van der Waals surface area (Å²) in [5.41, 5.74) is 2.15. The monoisotopic (exact) mass is 331 g/mol. The molecular formula is C21H21N3O. The smallest absolute Gasteiger partial charge is 0.316 e. The molecule has 1 atom stereocenters. The summed E-state index contributed by atoms with van der Waals surface area (Å²) in [5.74, 6) is 0.661. The van der Waals surface area contributed by atoms with E-state index in [1.54, 1.807) is 0 Å². The van der Waals surface area contributed by atoms with Crippen molar-refractivity contribution in [2.45, 2.75) is 18.9 Å². The van der Waals surface area contributed by atoms with Crippen molar-refractivity contribution in [1.82, 2.24) is 14.9 Å². The van der Waals surface area contributed by atoms with Crippen LogP contribution in [0.3, 0.4) is 0 Å². The standard InChI is InChI=1S/C21H21N3O/c1-2-4-17-11-18(6-5-15(17)3-1)19-12-22-21(23-13-19)25-20-14-24-9-7-16(20)8-10-24/h1-6,11-13,16,20H,7-10,14H2/t20-/m0/s1. The van der Waals surface area contributed by atoms with Crippen molar-refractivity contribution in [3.8, 4) is 17.1 Å². The molecule has 4 heterocycles. The van der Waals surface area contributed by atoms with Crippen molar-refractivity contribution in [2.24, 2.45) is 5.92 Å². The summed E-state index contributed by atoms with van der Waals surface area (Å²) in [6.45, 7) is 3.44. The number of ether oxygens (including phenoxy) is 1. The van der Waals surface area contributed by atoms with Crippen LogP contribution in [0.25, 0.3) is 21.9 Å². The van der Waals surface area contributed by atoms with Crippen molar-refractivity contribution < 1.29 is 4.74 Å². The topological polar surface area (TPSA) is 38.2 Å². The Hall–Kier alpha value is -2.46. The van der Waals surface area contributed by atoms with Crippen molar-refractivity contribution in [1.29, 1.82) is 0 Å². The lowest BCUT2D eigenvalue weighted by atomic mass is 9.86. The fourth-order valence-corrected chi connectivity index (χ4v) is 4.07. The molecule has 3 saturated heterocycles. The number of piperidine rings is 3. The molecule has 0 aliphatic carbocycles. The van der Waals surface area contributed by atoms with Gasteiger partial charge in [0.05, 0.1) is 0 Å². The van der Waals surface area contributed by atoms with Gasteiger partial charge in [-0.05, 0) is 54.3 Å². The maximum Gasteiger partial charge on any atom is 0.316 e. The van der Waals surface area contributed by atoms with Crippen LogP contribution in [0.2, 0.25) is 0 Å². The first-order chi connectivity index (χ1) is 12.3. The van der Waals surface area contributed by atoms with Gasteiger partial charge in [0, 0.05) is 24.5 Å².